The average molecular weight is 281 g/mol. The van der Waals surface area contributed by atoms with Gasteiger partial charge < -0.3 is 10.5 Å². The number of methoxy groups -OCH3 is 1. The highest BCUT2D eigenvalue weighted by Crippen LogP contribution is 2.32. The van der Waals surface area contributed by atoms with Gasteiger partial charge >= 0.3 is 0 Å². The normalized spacial score (nSPS) is 12.3. The van der Waals surface area contributed by atoms with E-state index in [9.17, 15) is 4.21 Å². The summed E-state index contributed by atoms with van der Waals surface area (Å²) in [7, 11) is 0.647. The summed E-state index contributed by atoms with van der Waals surface area (Å²) in [5, 5.41) is 11.5. The Hall–Kier alpha value is -1.96. The summed E-state index contributed by atoms with van der Waals surface area (Å²) in [6.45, 7) is 0.476. The average Bonchev–Trinajstić information content (AvgIpc) is 2.84. The van der Waals surface area contributed by atoms with Gasteiger partial charge in [-0.3, -0.25) is 4.21 Å². The Morgan fingerprint density at radius 3 is 2.95 bits per heavy atom. The zero-order valence-corrected chi connectivity index (χ0v) is 11.6. The first kappa shape index (κ1) is 13.5. The number of tetrazole rings is 1. The molecule has 0 radical (unpaired) electrons. The molecule has 8 heteroatoms. The Morgan fingerprint density at radius 2 is 2.26 bits per heavy atom. The van der Waals surface area contributed by atoms with Gasteiger partial charge in [0.2, 0.25) is 0 Å². The summed E-state index contributed by atoms with van der Waals surface area (Å²) in [6, 6.07) is 5.39. The summed E-state index contributed by atoms with van der Waals surface area (Å²) >= 11 is 0. The number of hydrogen-bond acceptors (Lipinski definition) is 6. The number of benzene rings is 1. The van der Waals surface area contributed by atoms with Crippen LogP contribution in [0.3, 0.4) is 0 Å². The highest BCUT2D eigenvalue weighted by atomic mass is 32.2. The molecule has 1 heterocycles. The third-order valence-corrected chi connectivity index (χ3v) is 3.37. The number of nitrogen functional groups attached to an aromatic ring is 1. The molecule has 0 saturated carbocycles. The molecule has 7 nitrogen and oxygen atoms in total. The quantitative estimate of drug-likeness (QED) is 0.792. The van der Waals surface area contributed by atoms with Gasteiger partial charge in [0.05, 0.1) is 24.9 Å². The van der Waals surface area contributed by atoms with Gasteiger partial charge in [-0.2, -0.15) is 0 Å². The van der Waals surface area contributed by atoms with Crippen molar-refractivity contribution in [1.29, 1.82) is 0 Å². The van der Waals surface area contributed by atoms with E-state index in [4.69, 9.17) is 10.5 Å². The van der Waals surface area contributed by atoms with Crippen molar-refractivity contribution in [1.82, 2.24) is 20.2 Å². The fourth-order valence-corrected chi connectivity index (χ4v) is 2.15. The van der Waals surface area contributed by atoms with Crippen molar-refractivity contribution in [3.8, 4) is 17.1 Å². The zero-order valence-electron chi connectivity index (χ0n) is 10.7. The number of para-hydroxylation sites is 1. The zero-order chi connectivity index (χ0) is 13.8. The Kier molecular flexibility index (Phi) is 4.10. The second-order valence-electron chi connectivity index (χ2n) is 3.93. The first-order chi connectivity index (χ1) is 9.13. The maximum Gasteiger partial charge on any atom is 0.185 e. The highest BCUT2D eigenvalue weighted by Gasteiger charge is 2.15. The van der Waals surface area contributed by atoms with Crippen molar-refractivity contribution in [3.63, 3.8) is 0 Å². The summed E-state index contributed by atoms with van der Waals surface area (Å²) in [5.74, 6) is 1.58. The molecule has 1 aromatic carbocycles. The predicted octanol–water partition coefficient (Wildman–Crippen LogP) is 0.309. The lowest BCUT2D eigenvalue weighted by atomic mass is 10.1. The third kappa shape index (κ3) is 2.90. The SMILES string of the molecule is COc1c(N)cccc1-c1nnnn1CCS(C)=O. The van der Waals surface area contributed by atoms with Crippen molar-refractivity contribution < 1.29 is 8.95 Å². The molecule has 2 N–H and O–H groups in total. The van der Waals surface area contributed by atoms with Crippen molar-refractivity contribution in [2.75, 3.05) is 24.9 Å². The van der Waals surface area contributed by atoms with Crippen molar-refractivity contribution in [2.45, 2.75) is 6.54 Å². The Balaban J connectivity index is 2.40. The van der Waals surface area contributed by atoms with Gasteiger partial charge in [0, 0.05) is 22.8 Å². The lowest BCUT2D eigenvalue weighted by molar-refractivity contribution is 0.418. The van der Waals surface area contributed by atoms with E-state index in [-0.39, 0.29) is 0 Å². The fourth-order valence-electron chi connectivity index (χ4n) is 1.72. The van der Waals surface area contributed by atoms with Crippen molar-refractivity contribution in [2.24, 2.45) is 0 Å². The number of aryl methyl sites for hydroxylation is 1. The number of nitrogens with two attached hydrogens (primary N) is 1. The lowest BCUT2D eigenvalue weighted by Crippen LogP contribution is -2.10. The monoisotopic (exact) mass is 281 g/mol. The molecule has 0 fully saturated rings. The third-order valence-electron chi connectivity index (χ3n) is 2.61. The van der Waals surface area contributed by atoms with E-state index in [1.54, 1.807) is 24.1 Å². The van der Waals surface area contributed by atoms with Crippen LogP contribution in [0.25, 0.3) is 11.4 Å². The van der Waals surface area contributed by atoms with Crippen LogP contribution < -0.4 is 10.5 Å². The van der Waals surface area contributed by atoms with Crippen LogP contribution in [0, 0.1) is 0 Å². The van der Waals surface area contributed by atoms with Gasteiger partial charge in [0.25, 0.3) is 0 Å². The van der Waals surface area contributed by atoms with Crippen LogP contribution in [0.15, 0.2) is 18.2 Å². The molecule has 0 aliphatic rings. The smallest absolute Gasteiger partial charge is 0.185 e. The molecule has 0 amide bonds. The van der Waals surface area contributed by atoms with E-state index in [1.807, 2.05) is 12.1 Å². The molecule has 0 aliphatic heterocycles. The first-order valence-electron chi connectivity index (χ1n) is 5.62. The molecule has 1 atom stereocenters. The van der Waals surface area contributed by atoms with Crippen LogP contribution in [-0.2, 0) is 17.3 Å². The highest BCUT2D eigenvalue weighted by molar-refractivity contribution is 7.84. The summed E-state index contributed by atoms with van der Waals surface area (Å²) in [6.07, 6.45) is 1.64. The van der Waals surface area contributed by atoms with Gasteiger partial charge in [0.1, 0.15) is 0 Å². The summed E-state index contributed by atoms with van der Waals surface area (Å²) in [4.78, 5) is 0. The summed E-state index contributed by atoms with van der Waals surface area (Å²) < 4.78 is 18.0. The molecule has 2 rings (SSSR count). The number of ether oxygens (including phenoxy) is 1. The van der Waals surface area contributed by atoms with E-state index in [1.165, 1.54) is 0 Å². The van der Waals surface area contributed by atoms with Gasteiger partial charge in [-0.1, -0.05) is 6.07 Å². The van der Waals surface area contributed by atoms with E-state index < -0.39 is 10.8 Å². The van der Waals surface area contributed by atoms with Crippen LogP contribution in [0.5, 0.6) is 5.75 Å². The minimum atomic E-state index is -0.899. The molecule has 1 aromatic heterocycles. The Morgan fingerprint density at radius 1 is 1.47 bits per heavy atom. The number of hydrogen-bond donors (Lipinski definition) is 1. The maximum absolute atomic E-state index is 11.1. The van der Waals surface area contributed by atoms with Crippen LogP contribution in [0.4, 0.5) is 5.69 Å². The van der Waals surface area contributed by atoms with Crippen LogP contribution in [-0.4, -0.2) is 43.5 Å². The molecular formula is C11H15N5O2S. The molecule has 1 unspecified atom stereocenters. The second kappa shape index (κ2) is 5.79. The van der Waals surface area contributed by atoms with Gasteiger partial charge in [-0.05, 0) is 22.6 Å². The van der Waals surface area contributed by atoms with Crippen molar-refractivity contribution in [3.05, 3.63) is 18.2 Å². The molecule has 2 aromatic rings. The second-order valence-corrected chi connectivity index (χ2v) is 5.49. The largest absolute Gasteiger partial charge is 0.494 e. The molecule has 0 saturated heterocycles. The molecule has 0 spiro atoms. The molecule has 0 bridgehead atoms. The Bertz CT molecular complexity index is 599. The minimum absolute atomic E-state index is 0.476. The van der Waals surface area contributed by atoms with E-state index >= 15 is 0 Å². The van der Waals surface area contributed by atoms with Crippen molar-refractivity contribution >= 4 is 16.5 Å². The number of aromatic nitrogens is 4. The first-order valence-corrected chi connectivity index (χ1v) is 7.35. The molecular weight excluding hydrogens is 266 g/mol. The lowest BCUT2D eigenvalue weighted by Gasteiger charge is -2.10. The molecule has 0 aliphatic carbocycles. The maximum atomic E-state index is 11.1. The van der Waals surface area contributed by atoms with Crippen LogP contribution >= 0.6 is 0 Å². The van der Waals surface area contributed by atoms with E-state index in [0.717, 1.165) is 5.56 Å². The van der Waals surface area contributed by atoms with Gasteiger partial charge in [0.15, 0.2) is 11.6 Å². The Labute approximate surface area is 113 Å². The fraction of sp³-hybridized carbons (Fsp3) is 0.364. The standard InChI is InChI=1S/C11H15N5O2S/c1-18-10-8(4-3-5-9(10)12)11-13-14-15-16(11)6-7-19(2)17/h3-5H,6-7,12H2,1-2H3. The predicted molar refractivity (Wildman–Crippen MR) is 73.2 cm³/mol. The number of nitrogens with zero attached hydrogens (tertiary/aromatic N) is 4. The van der Waals surface area contributed by atoms with Gasteiger partial charge in [-0.25, -0.2) is 4.68 Å². The number of anilines is 1. The summed E-state index contributed by atoms with van der Waals surface area (Å²) in [5.41, 5.74) is 7.10. The molecule has 102 valence electrons. The topological polar surface area (TPSA) is 95.9 Å². The van der Waals surface area contributed by atoms with E-state index in [2.05, 4.69) is 15.5 Å². The number of rotatable bonds is 5. The minimum Gasteiger partial charge on any atom is -0.494 e. The van der Waals surface area contributed by atoms with E-state index in [0.29, 0.717) is 29.6 Å². The van der Waals surface area contributed by atoms with Gasteiger partial charge in [-0.15, -0.1) is 5.10 Å². The van der Waals surface area contributed by atoms with Crippen LogP contribution in [0.1, 0.15) is 0 Å². The molecule has 19 heavy (non-hydrogen) atoms. The van der Waals surface area contributed by atoms with Crippen LogP contribution in [0.2, 0.25) is 0 Å².